The van der Waals surface area contributed by atoms with Crippen molar-refractivity contribution in [2.24, 2.45) is 5.73 Å². The minimum atomic E-state index is -0.921. The van der Waals surface area contributed by atoms with Crippen molar-refractivity contribution in [3.63, 3.8) is 0 Å². The van der Waals surface area contributed by atoms with Crippen LogP contribution in [-0.4, -0.2) is 40.4 Å². The van der Waals surface area contributed by atoms with E-state index in [0.29, 0.717) is 24.4 Å². The summed E-state index contributed by atoms with van der Waals surface area (Å²) >= 11 is 0. The fraction of sp³-hybridized carbons (Fsp3) is 0.316. The molecule has 134 valence electrons. The second-order valence-electron chi connectivity index (χ2n) is 6.31. The lowest BCUT2D eigenvalue weighted by Gasteiger charge is -2.17. The van der Waals surface area contributed by atoms with E-state index in [2.05, 4.69) is 12.1 Å². The maximum Gasteiger partial charge on any atom is 0.253 e. The van der Waals surface area contributed by atoms with Gasteiger partial charge in [0.2, 0.25) is 0 Å². The summed E-state index contributed by atoms with van der Waals surface area (Å²) in [6.07, 6.45) is 1.67. The first-order chi connectivity index (χ1) is 11.5. The van der Waals surface area contributed by atoms with Gasteiger partial charge in [-0.05, 0) is 23.3 Å². The Hall–Kier alpha value is -1.69. The number of halogens is 1. The van der Waals surface area contributed by atoms with E-state index in [4.69, 9.17) is 5.73 Å². The number of rotatable bonds is 4. The van der Waals surface area contributed by atoms with E-state index in [9.17, 15) is 9.00 Å². The van der Waals surface area contributed by atoms with Crippen molar-refractivity contribution in [2.75, 3.05) is 19.3 Å². The first-order valence-corrected chi connectivity index (χ1v) is 9.76. The Morgan fingerprint density at radius 2 is 1.88 bits per heavy atom. The average molecular weight is 379 g/mol. The summed E-state index contributed by atoms with van der Waals surface area (Å²) in [6, 6.07) is 17.5. The summed E-state index contributed by atoms with van der Waals surface area (Å²) in [7, 11) is -0.921. The molecular formula is C19H23ClN2O2S. The first kappa shape index (κ1) is 19.6. The zero-order valence-corrected chi connectivity index (χ0v) is 15.8. The number of nitrogens with two attached hydrogens (primary N) is 1. The molecule has 0 radical (unpaired) electrons. The largest absolute Gasteiger partial charge is 0.336 e. The molecule has 0 spiro atoms. The Bertz CT molecular complexity index is 754. The van der Waals surface area contributed by atoms with Crippen molar-refractivity contribution in [2.45, 2.75) is 17.7 Å². The van der Waals surface area contributed by atoms with E-state index in [-0.39, 0.29) is 30.3 Å². The highest BCUT2D eigenvalue weighted by atomic mass is 35.5. The van der Waals surface area contributed by atoms with Crippen molar-refractivity contribution in [1.29, 1.82) is 0 Å². The second-order valence-corrected chi connectivity index (χ2v) is 7.74. The van der Waals surface area contributed by atoms with Crippen LogP contribution in [-0.2, 0) is 16.6 Å². The van der Waals surface area contributed by atoms with Gasteiger partial charge in [0.05, 0.1) is 0 Å². The van der Waals surface area contributed by atoms with Gasteiger partial charge in [0.1, 0.15) is 0 Å². The van der Waals surface area contributed by atoms with Gasteiger partial charge in [-0.15, -0.1) is 12.4 Å². The molecule has 1 saturated heterocycles. The minimum absolute atomic E-state index is 0. The molecule has 2 aromatic carbocycles. The van der Waals surface area contributed by atoms with Crippen LogP contribution in [0.4, 0.5) is 0 Å². The summed E-state index contributed by atoms with van der Waals surface area (Å²) in [6.45, 7) is 1.19. The SMILES string of the molecule is CS(=O)Cc1cccc(C(=O)N2C[C@@H](N)[C@H](c3ccccc3)C2)c1.Cl. The van der Waals surface area contributed by atoms with Gasteiger partial charge in [-0.25, -0.2) is 0 Å². The van der Waals surface area contributed by atoms with Crippen LogP contribution < -0.4 is 5.73 Å². The third-order valence-electron chi connectivity index (χ3n) is 4.42. The molecule has 0 saturated carbocycles. The molecule has 1 unspecified atom stereocenters. The molecule has 1 aliphatic heterocycles. The van der Waals surface area contributed by atoms with Crippen LogP contribution in [0.2, 0.25) is 0 Å². The molecule has 1 fully saturated rings. The number of carbonyl (C=O) groups excluding carboxylic acids is 1. The van der Waals surface area contributed by atoms with Gasteiger partial charge >= 0.3 is 0 Å². The Kier molecular flexibility index (Phi) is 6.76. The third kappa shape index (κ3) is 4.69. The standard InChI is InChI=1S/C19H22N2O2S.ClH/c1-24(23)13-14-6-5-9-16(10-14)19(22)21-11-17(18(20)12-21)15-7-3-2-4-8-15;/h2-10,17-18H,11-13,20H2,1H3;1H/t17-,18+,24?;/m0./s1. The zero-order chi connectivity index (χ0) is 17.1. The van der Waals surface area contributed by atoms with Crippen molar-refractivity contribution >= 4 is 29.1 Å². The zero-order valence-electron chi connectivity index (χ0n) is 14.1. The monoisotopic (exact) mass is 378 g/mol. The summed E-state index contributed by atoms with van der Waals surface area (Å²) in [4.78, 5) is 14.6. The molecule has 1 heterocycles. The van der Waals surface area contributed by atoms with Crippen molar-refractivity contribution in [1.82, 2.24) is 4.90 Å². The van der Waals surface area contributed by atoms with Gasteiger partial charge in [0.25, 0.3) is 5.91 Å². The third-order valence-corrected chi connectivity index (χ3v) is 5.16. The van der Waals surface area contributed by atoms with Crippen molar-refractivity contribution < 1.29 is 9.00 Å². The average Bonchev–Trinajstić information content (AvgIpc) is 2.96. The van der Waals surface area contributed by atoms with E-state index in [1.165, 1.54) is 5.56 Å². The second kappa shape index (κ2) is 8.61. The number of nitrogens with zero attached hydrogens (tertiary/aromatic N) is 1. The Labute approximate surface area is 157 Å². The minimum Gasteiger partial charge on any atom is -0.336 e. The predicted octanol–water partition coefficient (Wildman–Crippen LogP) is 2.55. The van der Waals surface area contributed by atoms with Crippen LogP contribution in [0.5, 0.6) is 0 Å². The van der Waals surface area contributed by atoms with E-state index in [1.807, 2.05) is 47.4 Å². The normalized spacial score (nSPS) is 20.8. The Balaban J connectivity index is 0.00000225. The van der Waals surface area contributed by atoms with Gasteiger partial charge in [0, 0.05) is 53.4 Å². The van der Waals surface area contributed by atoms with Crippen LogP contribution in [0.15, 0.2) is 54.6 Å². The Morgan fingerprint density at radius 1 is 1.16 bits per heavy atom. The summed E-state index contributed by atoms with van der Waals surface area (Å²) in [5.74, 6) is 0.627. The number of benzene rings is 2. The molecule has 0 aliphatic carbocycles. The van der Waals surface area contributed by atoms with E-state index >= 15 is 0 Å². The molecular weight excluding hydrogens is 356 g/mol. The summed E-state index contributed by atoms with van der Waals surface area (Å²) < 4.78 is 11.4. The number of hydrogen-bond acceptors (Lipinski definition) is 3. The maximum atomic E-state index is 12.8. The smallest absolute Gasteiger partial charge is 0.253 e. The number of amides is 1. The highest BCUT2D eigenvalue weighted by molar-refractivity contribution is 7.83. The molecule has 0 bridgehead atoms. The van der Waals surface area contributed by atoms with E-state index in [0.717, 1.165) is 5.56 Å². The Morgan fingerprint density at radius 3 is 2.56 bits per heavy atom. The van der Waals surface area contributed by atoms with Crippen LogP contribution in [0.25, 0.3) is 0 Å². The molecule has 0 aromatic heterocycles. The fourth-order valence-corrected chi connectivity index (χ4v) is 3.91. The molecule has 2 aromatic rings. The quantitative estimate of drug-likeness (QED) is 0.889. The van der Waals surface area contributed by atoms with Crippen molar-refractivity contribution in [3.05, 3.63) is 71.3 Å². The van der Waals surface area contributed by atoms with Crippen LogP contribution in [0, 0.1) is 0 Å². The molecule has 1 aliphatic rings. The topological polar surface area (TPSA) is 63.4 Å². The van der Waals surface area contributed by atoms with Gasteiger partial charge in [-0.1, -0.05) is 42.5 Å². The molecule has 3 atom stereocenters. The van der Waals surface area contributed by atoms with Gasteiger partial charge in [0.15, 0.2) is 0 Å². The summed E-state index contributed by atoms with van der Waals surface area (Å²) in [5.41, 5.74) is 9.01. The van der Waals surface area contributed by atoms with Crippen molar-refractivity contribution in [3.8, 4) is 0 Å². The number of carbonyl (C=O) groups is 1. The lowest BCUT2D eigenvalue weighted by atomic mass is 9.95. The lowest BCUT2D eigenvalue weighted by Crippen LogP contribution is -2.32. The highest BCUT2D eigenvalue weighted by Gasteiger charge is 2.34. The fourth-order valence-electron chi connectivity index (χ4n) is 3.26. The van der Waals surface area contributed by atoms with Crippen LogP contribution >= 0.6 is 12.4 Å². The maximum absolute atomic E-state index is 12.8. The predicted molar refractivity (Wildman–Crippen MR) is 105 cm³/mol. The number of likely N-dealkylation sites (tertiary alicyclic amines) is 1. The van der Waals surface area contributed by atoms with Crippen LogP contribution in [0.3, 0.4) is 0 Å². The molecule has 6 heteroatoms. The van der Waals surface area contributed by atoms with E-state index < -0.39 is 10.8 Å². The molecule has 1 amide bonds. The molecule has 2 N–H and O–H groups in total. The lowest BCUT2D eigenvalue weighted by molar-refractivity contribution is 0.0789. The first-order valence-electron chi connectivity index (χ1n) is 8.03. The van der Waals surface area contributed by atoms with Gasteiger partial charge < -0.3 is 10.6 Å². The summed E-state index contributed by atoms with van der Waals surface area (Å²) in [5, 5.41) is 0. The van der Waals surface area contributed by atoms with Crippen LogP contribution in [0.1, 0.15) is 27.4 Å². The molecule has 4 nitrogen and oxygen atoms in total. The van der Waals surface area contributed by atoms with Gasteiger partial charge in [-0.2, -0.15) is 0 Å². The van der Waals surface area contributed by atoms with Gasteiger partial charge in [-0.3, -0.25) is 9.00 Å². The molecule has 3 rings (SSSR count). The van der Waals surface area contributed by atoms with E-state index in [1.54, 1.807) is 6.26 Å². The molecule has 25 heavy (non-hydrogen) atoms. The highest BCUT2D eigenvalue weighted by Crippen LogP contribution is 2.27. The number of hydrogen-bond donors (Lipinski definition) is 1.